The standard InChI is InChI=1S/C17H28N2O/c1-3-11-17(14-18,12-4-2)16(20)19-13-10-15-8-6-5-7-9-15/h8H,3-7,9-13H2,1-2H3,(H,19,20). The number of amides is 1. The molecule has 3 nitrogen and oxygen atoms in total. The molecule has 0 heterocycles. The Kier molecular flexibility index (Phi) is 7.36. The Morgan fingerprint density at radius 3 is 2.55 bits per heavy atom. The number of hydrogen-bond acceptors (Lipinski definition) is 2. The van der Waals surface area contributed by atoms with Gasteiger partial charge in [-0.1, -0.05) is 38.3 Å². The highest BCUT2D eigenvalue weighted by molar-refractivity contribution is 5.85. The fourth-order valence-electron chi connectivity index (χ4n) is 3.01. The van der Waals surface area contributed by atoms with Crippen LogP contribution in [0.2, 0.25) is 0 Å². The highest BCUT2D eigenvalue weighted by atomic mass is 16.2. The van der Waals surface area contributed by atoms with E-state index in [1.54, 1.807) is 0 Å². The first kappa shape index (κ1) is 16.8. The number of rotatable bonds is 8. The van der Waals surface area contributed by atoms with Crippen LogP contribution in [-0.4, -0.2) is 12.5 Å². The van der Waals surface area contributed by atoms with E-state index in [2.05, 4.69) is 17.5 Å². The number of nitriles is 1. The second-order valence-corrected chi connectivity index (χ2v) is 5.81. The van der Waals surface area contributed by atoms with E-state index < -0.39 is 5.41 Å². The van der Waals surface area contributed by atoms with Crippen LogP contribution in [0, 0.1) is 16.7 Å². The van der Waals surface area contributed by atoms with E-state index in [0.29, 0.717) is 19.4 Å². The van der Waals surface area contributed by atoms with Crippen LogP contribution in [0.3, 0.4) is 0 Å². The third-order valence-corrected chi connectivity index (χ3v) is 4.12. The van der Waals surface area contributed by atoms with E-state index in [-0.39, 0.29) is 5.91 Å². The van der Waals surface area contributed by atoms with Gasteiger partial charge in [-0.05, 0) is 44.9 Å². The molecular weight excluding hydrogens is 248 g/mol. The van der Waals surface area contributed by atoms with Crippen molar-refractivity contribution in [2.45, 2.75) is 71.6 Å². The largest absolute Gasteiger partial charge is 0.354 e. The minimum Gasteiger partial charge on any atom is -0.354 e. The van der Waals surface area contributed by atoms with E-state index in [9.17, 15) is 10.1 Å². The van der Waals surface area contributed by atoms with E-state index in [4.69, 9.17) is 0 Å². The maximum absolute atomic E-state index is 12.4. The van der Waals surface area contributed by atoms with Gasteiger partial charge in [-0.2, -0.15) is 5.26 Å². The molecule has 0 radical (unpaired) electrons. The van der Waals surface area contributed by atoms with Crippen molar-refractivity contribution in [2.24, 2.45) is 5.41 Å². The molecule has 1 rings (SSSR count). The Morgan fingerprint density at radius 2 is 2.05 bits per heavy atom. The Balaban J connectivity index is 2.49. The first-order chi connectivity index (χ1) is 9.68. The summed E-state index contributed by atoms with van der Waals surface area (Å²) < 4.78 is 0. The van der Waals surface area contributed by atoms with E-state index in [0.717, 1.165) is 19.3 Å². The molecule has 1 amide bonds. The molecular formula is C17H28N2O. The Bertz CT molecular complexity index is 373. The Hall–Kier alpha value is -1.30. The second-order valence-electron chi connectivity index (χ2n) is 5.81. The Morgan fingerprint density at radius 1 is 1.35 bits per heavy atom. The molecule has 0 aromatic heterocycles. The maximum atomic E-state index is 12.4. The van der Waals surface area contributed by atoms with Gasteiger partial charge in [0, 0.05) is 6.54 Å². The van der Waals surface area contributed by atoms with Gasteiger partial charge in [0.1, 0.15) is 5.41 Å². The van der Waals surface area contributed by atoms with Crippen LogP contribution in [0.15, 0.2) is 11.6 Å². The van der Waals surface area contributed by atoms with Gasteiger partial charge in [-0.15, -0.1) is 0 Å². The van der Waals surface area contributed by atoms with Crippen molar-refractivity contribution < 1.29 is 4.79 Å². The molecule has 1 aliphatic rings. The zero-order valence-electron chi connectivity index (χ0n) is 13.0. The molecule has 0 unspecified atom stereocenters. The number of allylic oxidation sites excluding steroid dienone is 1. The molecule has 1 N–H and O–H groups in total. The zero-order valence-corrected chi connectivity index (χ0v) is 13.0. The van der Waals surface area contributed by atoms with Gasteiger partial charge < -0.3 is 5.32 Å². The molecule has 3 heteroatoms. The number of carbonyl (C=O) groups excluding carboxylic acids is 1. The molecule has 0 bridgehead atoms. The number of hydrogen-bond donors (Lipinski definition) is 1. The number of carbonyl (C=O) groups is 1. The number of nitrogens with one attached hydrogen (secondary N) is 1. The van der Waals surface area contributed by atoms with Crippen molar-refractivity contribution in [2.75, 3.05) is 6.54 Å². The van der Waals surface area contributed by atoms with Crippen LogP contribution >= 0.6 is 0 Å². The molecule has 0 saturated heterocycles. The molecule has 0 atom stereocenters. The predicted molar refractivity (Wildman–Crippen MR) is 82.0 cm³/mol. The van der Waals surface area contributed by atoms with Crippen molar-refractivity contribution in [1.82, 2.24) is 5.32 Å². The summed E-state index contributed by atoms with van der Waals surface area (Å²) in [7, 11) is 0. The van der Waals surface area contributed by atoms with Crippen molar-refractivity contribution in [1.29, 1.82) is 5.26 Å². The molecule has 0 aromatic rings. The SMILES string of the molecule is CCCC(C#N)(CCC)C(=O)NCCC1=CCCCC1. The topological polar surface area (TPSA) is 52.9 Å². The first-order valence-corrected chi connectivity index (χ1v) is 8.06. The van der Waals surface area contributed by atoms with Gasteiger partial charge in [-0.3, -0.25) is 4.79 Å². The second kappa shape index (κ2) is 8.79. The molecule has 0 fully saturated rings. The lowest BCUT2D eigenvalue weighted by Gasteiger charge is -2.24. The van der Waals surface area contributed by atoms with E-state index >= 15 is 0 Å². The Labute approximate surface area is 123 Å². The normalized spacial score (nSPS) is 15.3. The smallest absolute Gasteiger partial charge is 0.240 e. The van der Waals surface area contributed by atoms with Gasteiger partial charge in [0.2, 0.25) is 5.91 Å². The maximum Gasteiger partial charge on any atom is 0.240 e. The summed E-state index contributed by atoms with van der Waals surface area (Å²) in [6.45, 7) is 4.73. The van der Waals surface area contributed by atoms with Gasteiger partial charge >= 0.3 is 0 Å². The summed E-state index contributed by atoms with van der Waals surface area (Å²) >= 11 is 0. The fourth-order valence-corrected chi connectivity index (χ4v) is 3.01. The molecule has 0 spiro atoms. The summed E-state index contributed by atoms with van der Waals surface area (Å²) in [6, 6.07) is 2.28. The van der Waals surface area contributed by atoms with Crippen LogP contribution < -0.4 is 5.32 Å². The minimum atomic E-state index is -0.815. The van der Waals surface area contributed by atoms with E-state index in [1.807, 2.05) is 13.8 Å². The monoisotopic (exact) mass is 276 g/mol. The third-order valence-electron chi connectivity index (χ3n) is 4.12. The van der Waals surface area contributed by atoms with Crippen LogP contribution in [0.4, 0.5) is 0 Å². The lowest BCUT2D eigenvalue weighted by atomic mass is 9.79. The summed E-state index contributed by atoms with van der Waals surface area (Å²) in [5.41, 5.74) is 0.648. The fraction of sp³-hybridized carbons (Fsp3) is 0.765. The van der Waals surface area contributed by atoms with Crippen LogP contribution in [-0.2, 0) is 4.79 Å². The molecule has 20 heavy (non-hydrogen) atoms. The average molecular weight is 276 g/mol. The van der Waals surface area contributed by atoms with Crippen LogP contribution in [0.5, 0.6) is 0 Å². The highest BCUT2D eigenvalue weighted by Gasteiger charge is 2.36. The minimum absolute atomic E-state index is 0.0693. The van der Waals surface area contributed by atoms with Crippen LogP contribution in [0.25, 0.3) is 0 Å². The molecule has 0 aromatic carbocycles. The molecule has 112 valence electrons. The average Bonchev–Trinajstić information content (AvgIpc) is 2.48. The summed E-state index contributed by atoms with van der Waals surface area (Å²) in [5.74, 6) is -0.0693. The lowest BCUT2D eigenvalue weighted by Crippen LogP contribution is -2.40. The lowest BCUT2D eigenvalue weighted by molar-refractivity contribution is -0.128. The van der Waals surface area contributed by atoms with Crippen LogP contribution in [0.1, 0.15) is 71.6 Å². The van der Waals surface area contributed by atoms with Gasteiger partial charge in [0.25, 0.3) is 0 Å². The summed E-state index contributed by atoms with van der Waals surface area (Å²) in [6.07, 6.45) is 11.2. The molecule has 0 saturated carbocycles. The van der Waals surface area contributed by atoms with Crippen molar-refractivity contribution in [3.05, 3.63) is 11.6 Å². The highest BCUT2D eigenvalue weighted by Crippen LogP contribution is 2.29. The van der Waals surface area contributed by atoms with Crippen molar-refractivity contribution in [3.63, 3.8) is 0 Å². The zero-order chi connectivity index (χ0) is 14.8. The van der Waals surface area contributed by atoms with Gasteiger partial charge in [0.05, 0.1) is 6.07 Å². The van der Waals surface area contributed by atoms with Gasteiger partial charge in [-0.25, -0.2) is 0 Å². The summed E-state index contributed by atoms with van der Waals surface area (Å²) in [4.78, 5) is 12.4. The van der Waals surface area contributed by atoms with Crippen molar-refractivity contribution >= 4 is 5.91 Å². The van der Waals surface area contributed by atoms with Crippen molar-refractivity contribution in [3.8, 4) is 6.07 Å². The van der Waals surface area contributed by atoms with E-state index in [1.165, 1.54) is 31.3 Å². The summed E-state index contributed by atoms with van der Waals surface area (Å²) in [5, 5.41) is 12.4. The molecule has 1 aliphatic carbocycles. The predicted octanol–water partition coefficient (Wildman–Crippen LogP) is 4.10. The molecule has 0 aliphatic heterocycles. The number of nitrogens with zero attached hydrogens (tertiary/aromatic N) is 1. The quantitative estimate of drug-likeness (QED) is 0.678. The third kappa shape index (κ3) is 4.67. The first-order valence-electron chi connectivity index (χ1n) is 8.06. The van der Waals surface area contributed by atoms with Gasteiger partial charge in [0.15, 0.2) is 0 Å².